The van der Waals surface area contributed by atoms with Crippen molar-refractivity contribution in [1.29, 1.82) is 0 Å². The third kappa shape index (κ3) is 26.6. The molecular weight excluding hydrogens is 312 g/mol. The normalized spacial score (nSPS) is 13.2. The molecule has 1 fully saturated rings. The van der Waals surface area contributed by atoms with Gasteiger partial charge in [-0.05, 0) is 13.8 Å². The van der Waals surface area contributed by atoms with E-state index in [1.807, 2.05) is 13.8 Å². The Bertz CT molecular complexity index is 216. The Labute approximate surface area is 147 Å². The molecule has 8 heteroatoms. The van der Waals surface area contributed by atoms with E-state index in [2.05, 4.69) is 0 Å². The summed E-state index contributed by atoms with van der Waals surface area (Å²) in [6.45, 7) is 9.01. The fourth-order valence-corrected chi connectivity index (χ4v) is 0.952. The molecular formula is C16H42N4O4. The molecule has 0 saturated heterocycles. The fraction of sp³-hybridized carbons (Fsp3) is 1.00. The van der Waals surface area contributed by atoms with Crippen molar-refractivity contribution in [3.63, 3.8) is 0 Å². The summed E-state index contributed by atoms with van der Waals surface area (Å²) < 4.78 is 9.87. The largest absolute Gasteiger partial charge is 0.394 e. The third-order valence-corrected chi connectivity index (χ3v) is 2.99. The van der Waals surface area contributed by atoms with Gasteiger partial charge in [-0.3, -0.25) is 22.9 Å². The van der Waals surface area contributed by atoms with Gasteiger partial charge in [-0.15, -0.1) is 0 Å². The predicted molar refractivity (Wildman–Crippen MR) is 98.7 cm³/mol. The Kier molecular flexibility index (Phi) is 22.6. The second kappa shape index (κ2) is 19.0. The third-order valence-electron chi connectivity index (χ3n) is 2.99. The molecule has 0 unspecified atom stereocenters. The van der Waals surface area contributed by atoms with E-state index in [0.717, 1.165) is 13.2 Å². The van der Waals surface area contributed by atoms with Gasteiger partial charge in [-0.1, -0.05) is 39.5 Å². The number of aliphatic hydroxyl groups is 2. The maximum atomic E-state index is 7.62. The van der Waals surface area contributed by atoms with Crippen molar-refractivity contribution in [2.75, 3.05) is 26.4 Å². The van der Waals surface area contributed by atoms with Crippen LogP contribution in [0.5, 0.6) is 0 Å². The molecule has 1 rings (SSSR count). The zero-order valence-corrected chi connectivity index (χ0v) is 16.1. The van der Waals surface area contributed by atoms with Crippen molar-refractivity contribution < 1.29 is 19.7 Å². The predicted octanol–water partition coefficient (Wildman–Crippen LogP) is 0.540. The van der Waals surface area contributed by atoms with Crippen LogP contribution in [0.15, 0.2) is 0 Å². The SMILES string of the molecule is C1CCC1.CCC(N)(N)OC(N)(N)CC.CCOCC.OCCO. The minimum absolute atomic E-state index is 0.125. The van der Waals surface area contributed by atoms with Crippen LogP contribution in [0.25, 0.3) is 0 Å². The van der Waals surface area contributed by atoms with Crippen molar-refractivity contribution in [3.8, 4) is 0 Å². The van der Waals surface area contributed by atoms with Crippen LogP contribution in [0, 0.1) is 0 Å². The Hall–Kier alpha value is -0.320. The highest BCUT2D eigenvalue weighted by atomic mass is 16.6. The molecule has 0 aromatic rings. The molecule has 1 aliphatic rings. The summed E-state index contributed by atoms with van der Waals surface area (Å²) in [5.41, 5.74) is 21.9. The van der Waals surface area contributed by atoms with E-state index in [-0.39, 0.29) is 13.2 Å². The molecule has 0 spiro atoms. The number of ether oxygens (including phenoxy) is 2. The number of hydrogen-bond acceptors (Lipinski definition) is 8. The zero-order chi connectivity index (χ0) is 19.5. The highest BCUT2D eigenvalue weighted by Crippen LogP contribution is 2.15. The lowest BCUT2D eigenvalue weighted by Gasteiger charge is -2.33. The second-order valence-electron chi connectivity index (χ2n) is 5.36. The van der Waals surface area contributed by atoms with Crippen LogP contribution < -0.4 is 22.9 Å². The highest BCUT2D eigenvalue weighted by molar-refractivity contribution is 4.69. The van der Waals surface area contributed by atoms with Gasteiger partial charge in [0.15, 0.2) is 11.7 Å². The lowest BCUT2D eigenvalue weighted by Crippen LogP contribution is -2.63. The zero-order valence-electron chi connectivity index (χ0n) is 16.1. The lowest BCUT2D eigenvalue weighted by atomic mass is 10.0. The minimum Gasteiger partial charge on any atom is -0.394 e. The summed E-state index contributed by atoms with van der Waals surface area (Å²) in [7, 11) is 0. The minimum atomic E-state index is -1.22. The topological polar surface area (TPSA) is 163 Å². The van der Waals surface area contributed by atoms with Gasteiger partial charge in [-0.2, -0.15) is 0 Å². The first kappa shape index (κ1) is 28.5. The first-order chi connectivity index (χ1) is 11.2. The summed E-state index contributed by atoms with van der Waals surface area (Å²) in [6, 6.07) is 0. The molecule has 0 aliphatic heterocycles. The number of hydrogen-bond donors (Lipinski definition) is 6. The number of nitrogens with two attached hydrogens (primary N) is 4. The summed E-state index contributed by atoms with van der Waals surface area (Å²) >= 11 is 0. The summed E-state index contributed by atoms with van der Waals surface area (Å²) in [5, 5.41) is 15.2. The van der Waals surface area contributed by atoms with Gasteiger partial charge < -0.3 is 19.7 Å². The summed E-state index contributed by atoms with van der Waals surface area (Å²) in [4.78, 5) is 0. The molecule has 24 heavy (non-hydrogen) atoms. The van der Waals surface area contributed by atoms with Gasteiger partial charge in [-0.25, -0.2) is 0 Å². The quantitative estimate of drug-likeness (QED) is 0.361. The van der Waals surface area contributed by atoms with Crippen LogP contribution in [0.1, 0.15) is 66.2 Å². The van der Waals surface area contributed by atoms with Crippen LogP contribution in [-0.4, -0.2) is 48.3 Å². The van der Waals surface area contributed by atoms with E-state index >= 15 is 0 Å². The van der Waals surface area contributed by atoms with Gasteiger partial charge in [0.2, 0.25) is 0 Å². The average Bonchev–Trinajstić information content (AvgIpc) is 2.46. The Morgan fingerprint density at radius 2 is 1.00 bits per heavy atom. The molecule has 150 valence electrons. The first-order valence-corrected chi connectivity index (χ1v) is 8.81. The van der Waals surface area contributed by atoms with Gasteiger partial charge in [0.25, 0.3) is 0 Å². The molecule has 0 amide bonds. The van der Waals surface area contributed by atoms with Crippen molar-refractivity contribution in [2.45, 2.75) is 77.9 Å². The van der Waals surface area contributed by atoms with Gasteiger partial charge in [0, 0.05) is 26.1 Å². The molecule has 0 aromatic carbocycles. The van der Waals surface area contributed by atoms with E-state index in [0.29, 0.717) is 12.8 Å². The van der Waals surface area contributed by atoms with Gasteiger partial charge in [0.05, 0.1) is 13.2 Å². The van der Waals surface area contributed by atoms with Gasteiger partial charge in [0.1, 0.15) is 0 Å². The Morgan fingerprint density at radius 1 is 0.708 bits per heavy atom. The smallest absolute Gasteiger partial charge is 0.173 e. The standard InChI is InChI=1S/C6H18N4O.C4H10O.C4H8.C2H6O2/c1-3-5(7,8)11-6(9,10)4-2;1-3-5-4-2;1-2-4-3-1;3-1-2-4/h3-4,7-10H2,1-2H3;3-4H2,1-2H3;1-4H2;3-4H,1-2H2. The van der Waals surface area contributed by atoms with E-state index < -0.39 is 11.7 Å². The van der Waals surface area contributed by atoms with Gasteiger partial charge >= 0.3 is 0 Å². The second-order valence-corrected chi connectivity index (χ2v) is 5.36. The van der Waals surface area contributed by atoms with E-state index in [1.165, 1.54) is 25.7 Å². The monoisotopic (exact) mass is 354 g/mol. The molecule has 0 aromatic heterocycles. The first-order valence-electron chi connectivity index (χ1n) is 8.81. The summed E-state index contributed by atoms with van der Waals surface area (Å²) in [5.74, 6) is -2.45. The highest BCUT2D eigenvalue weighted by Gasteiger charge is 2.28. The molecule has 0 bridgehead atoms. The summed E-state index contributed by atoms with van der Waals surface area (Å²) in [6.07, 6.45) is 6.92. The maximum Gasteiger partial charge on any atom is 0.173 e. The Morgan fingerprint density at radius 3 is 1.08 bits per heavy atom. The number of aliphatic hydroxyl groups excluding tert-OH is 2. The van der Waals surface area contributed by atoms with Crippen molar-refractivity contribution in [3.05, 3.63) is 0 Å². The molecule has 0 radical (unpaired) electrons. The molecule has 8 nitrogen and oxygen atoms in total. The van der Waals surface area contributed by atoms with Crippen LogP contribution in [0.2, 0.25) is 0 Å². The average molecular weight is 355 g/mol. The Balaban J connectivity index is -0.000000279. The molecule has 10 N–H and O–H groups in total. The maximum absolute atomic E-state index is 7.62. The molecule has 0 atom stereocenters. The van der Waals surface area contributed by atoms with Crippen LogP contribution in [0.4, 0.5) is 0 Å². The lowest BCUT2D eigenvalue weighted by molar-refractivity contribution is -0.151. The van der Waals surface area contributed by atoms with E-state index in [9.17, 15) is 0 Å². The van der Waals surface area contributed by atoms with Crippen LogP contribution in [-0.2, 0) is 9.47 Å². The van der Waals surface area contributed by atoms with Crippen LogP contribution >= 0.6 is 0 Å². The molecule has 1 saturated carbocycles. The van der Waals surface area contributed by atoms with Crippen LogP contribution in [0.3, 0.4) is 0 Å². The van der Waals surface area contributed by atoms with Crippen molar-refractivity contribution >= 4 is 0 Å². The fourth-order valence-electron chi connectivity index (χ4n) is 0.952. The molecule has 0 heterocycles. The van der Waals surface area contributed by atoms with Crippen molar-refractivity contribution in [1.82, 2.24) is 0 Å². The van der Waals surface area contributed by atoms with Crippen molar-refractivity contribution in [2.24, 2.45) is 22.9 Å². The number of rotatable bonds is 7. The van der Waals surface area contributed by atoms with E-state index in [1.54, 1.807) is 13.8 Å². The van der Waals surface area contributed by atoms with E-state index in [4.69, 9.17) is 42.6 Å². The molecule has 1 aliphatic carbocycles.